The molecule has 0 spiro atoms. The molecule has 0 atom stereocenters. The first-order chi connectivity index (χ1) is 41.0. The normalized spacial score (nSPS) is 15.6. The van der Waals surface area contributed by atoms with Gasteiger partial charge in [0, 0.05) is 40.9 Å². The average molecular weight is 981 g/mol. The molecule has 5 nitrogen and oxygen atoms in total. The minimum Gasteiger partial charge on any atom is -0.458 e. The van der Waals surface area contributed by atoms with Gasteiger partial charge in [-0.15, -0.1) is 0 Å². The summed E-state index contributed by atoms with van der Waals surface area (Å²) in [6.07, 6.45) is 5.01. The van der Waals surface area contributed by atoms with Crippen LogP contribution in [0.4, 0.5) is 0 Å². The second kappa shape index (κ2) is 18.2. The lowest BCUT2D eigenvalue weighted by molar-refractivity contribution is -0.572. The summed E-state index contributed by atoms with van der Waals surface area (Å²) in [6.45, 7) is 11.7. The summed E-state index contributed by atoms with van der Waals surface area (Å²) in [6, 6.07) is 42.2. The van der Waals surface area contributed by atoms with E-state index in [1.807, 2.05) is 83.4 Å². The van der Waals surface area contributed by atoms with Crippen LogP contribution in [0.1, 0.15) is 115 Å². The van der Waals surface area contributed by atoms with Crippen LogP contribution >= 0.6 is 0 Å². The Morgan fingerprint density at radius 2 is 1.23 bits per heavy atom. The van der Waals surface area contributed by atoms with Crippen molar-refractivity contribution in [3.63, 3.8) is 0 Å². The third-order valence-corrected chi connectivity index (χ3v) is 13.9. The molecule has 0 N–H and O–H groups in total. The van der Waals surface area contributed by atoms with Crippen molar-refractivity contribution in [2.45, 2.75) is 99.1 Å². The van der Waals surface area contributed by atoms with Gasteiger partial charge in [-0.3, -0.25) is 13.7 Å². The SMILES string of the molecule is [2H]c1c([2H])c([2H])c(-c2cnc(-n3c4ccccc4c4ccc(Oc5cccc(-n6[c-][n+](-c7c(-c8cc(C(C)(C)C)cc(C(C)(C)C)c8)cccc7C(C)(C)C)c7ccc(-c8c(C([2H])([2H])[2H])cccc8C([2H])([2H])[2H])cc76)c5)cc43)cc2C([2H])([2H])[2H])c([2H])c1[2H]. The van der Waals surface area contributed by atoms with Crippen LogP contribution in [0, 0.1) is 26.9 Å². The highest BCUT2D eigenvalue weighted by Crippen LogP contribution is 2.41. The van der Waals surface area contributed by atoms with E-state index in [0.29, 0.717) is 44.8 Å². The number of nitrogens with zero attached hydrogens (tertiary/aromatic N) is 4. The highest BCUT2D eigenvalue weighted by Gasteiger charge is 2.28. The molecule has 0 radical (unpaired) electrons. The Balaban J connectivity index is 1.11. The molecule has 0 aliphatic heterocycles. The van der Waals surface area contributed by atoms with Gasteiger partial charge in [0.05, 0.1) is 40.3 Å². The fourth-order valence-corrected chi connectivity index (χ4v) is 9.99. The molecule has 368 valence electrons. The summed E-state index contributed by atoms with van der Waals surface area (Å²) < 4.78 is 132. The molecular formula is C69H66N4O. The van der Waals surface area contributed by atoms with Crippen LogP contribution in [-0.2, 0) is 16.2 Å². The minimum atomic E-state index is -2.80. The first kappa shape index (κ1) is 34.4. The van der Waals surface area contributed by atoms with Gasteiger partial charge in [-0.25, -0.2) is 4.98 Å². The van der Waals surface area contributed by atoms with Gasteiger partial charge in [0.15, 0.2) is 0 Å². The number of fused-ring (bicyclic) bond motifs is 4. The van der Waals surface area contributed by atoms with Crippen LogP contribution in [-0.4, -0.2) is 14.1 Å². The Labute approximate surface area is 457 Å². The Bertz CT molecular complexity index is 4530. The zero-order valence-corrected chi connectivity index (χ0v) is 43.1. The largest absolute Gasteiger partial charge is 0.458 e. The van der Waals surface area contributed by atoms with E-state index in [0.717, 1.165) is 33.2 Å². The third kappa shape index (κ3) is 8.78. The van der Waals surface area contributed by atoms with Crippen molar-refractivity contribution in [2.75, 3.05) is 0 Å². The van der Waals surface area contributed by atoms with Crippen LogP contribution in [0.15, 0.2) is 182 Å². The van der Waals surface area contributed by atoms with Gasteiger partial charge in [-0.2, -0.15) is 0 Å². The average Bonchev–Trinajstić information content (AvgIpc) is 1.54. The fraction of sp³-hybridized carbons (Fsp3) is 0.217. The predicted octanol–water partition coefficient (Wildman–Crippen LogP) is 17.8. The van der Waals surface area contributed by atoms with Crippen LogP contribution < -0.4 is 9.30 Å². The summed E-state index contributed by atoms with van der Waals surface area (Å²) in [5, 5.41) is 1.63. The Morgan fingerprint density at radius 1 is 0.541 bits per heavy atom. The predicted molar refractivity (Wildman–Crippen MR) is 309 cm³/mol. The first-order valence-electron chi connectivity index (χ1n) is 31.9. The standard InChI is InChI=1S/C69H66N4O/c1-44-21-18-22-45(2)65(44)48-31-34-61-63(38-48)71(43-72(61)66-55(28-20-29-59(66)69(10,11)12)49-36-50(67(4,5)6)39-51(37-49)68(7,8)9)52-25-19-26-53(40-52)74-54-32-33-57-56-27-16-17-30-60(56)73(62(57)41-54)64-35-46(3)58(42-70-64)47-23-14-13-15-24-47/h13-42H,1-12H3/i1D3,2D3,3D3,13D,14D,15D,23D,24D. The van der Waals surface area contributed by atoms with Gasteiger partial charge < -0.3 is 4.74 Å². The molecule has 0 aliphatic carbocycles. The molecule has 3 aromatic heterocycles. The second-order valence-electron chi connectivity index (χ2n) is 22.2. The maximum Gasteiger partial charge on any atom is 0.269 e. The van der Waals surface area contributed by atoms with Crippen molar-refractivity contribution in [3.8, 4) is 62.1 Å². The zero-order chi connectivity index (χ0) is 63.7. The number of imidazole rings is 1. The topological polar surface area (TPSA) is 35.9 Å². The molecule has 5 heteroatoms. The van der Waals surface area contributed by atoms with E-state index in [1.54, 1.807) is 10.6 Å². The van der Waals surface area contributed by atoms with E-state index >= 15 is 0 Å². The molecule has 0 bridgehead atoms. The Hall–Kier alpha value is -8.02. The molecule has 74 heavy (non-hydrogen) atoms. The first-order valence-corrected chi connectivity index (χ1v) is 24.9. The number of rotatable bonds is 8. The maximum atomic E-state index is 8.69. The molecule has 11 rings (SSSR count). The molecule has 0 aliphatic rings. The van der Waals surface area contributed by atoms with Crippen molar-refractivity contribution in [1.29, 1.82) is 0 Å². The van der Waals surface area contributed by atoms with E-state index in [4.69, 9.17) is 28.9 Å². The van der Waals surface area contributed by atoms with Gasteiger partial charge in [0.1, 0.15) is 17.3 Å². The van der Waals surface area contributed by atoms with Gasteiger partial charge in [0.25, 0.3) is 6.33 Å². The number of ether oxygens (including phenoxy) is 1. The smallest absolute Gasteiger partial charge is 0.269 e. The number of benzene rings is 8. The molecule has 8 aromatic carbocycles. The van der Waals surface area contributed by atoms with Gasteiger partial charge >= 0.3 is 0 Å². The molecule has 11 aromatic rings. The Kier molecular flexibility index (Phi) is 8.45. The van der Waals surface area contributed by atoms with Crippen molar-refractivity contribution < 1.29 is 28.5 Å². The molecule has 0 saturated heterocycles. The van der Waals surface area contributed by atoms with Crippen molar-refractivity contribution in [2.24, 2.45) is 0 Å². The summed E-state index contributed by atoms with van der Waals surface area (Å²) in [7, 11) is 0. The van der Waals surface area contributed by atoms with Crippen LogP contribution in [0.3, 0.4) is 0 Å². The monoisotopic (exact) mass is 981 g/mol. The van der Waals surface area contributed by atoms with Crippen molar-refractivity contribution in [3.05, 3.63) is 222 Å². The van der Waals surface area contributed by atoms with Gasteiger partial charge in [0.2, 0.25) is 0 Å². The van der Waals surface area contributed by atoms with Crippen molar-refractivity contribution in [1.82, 2.24) is 14.1 Å². The van der Waals surface area contributed by atoms with E-state index < -0.39 is 56.2 Å². The lowest BCUT2D eigenvalue weighted by Crippen LogP contribution is -2.34. The zero-order valence-electron chi connectivity index (χ0n) is 57.1. The lowest BCUT2D eigenvalue weighted by atomic mass is 9.78. The van der Waals surface area contributed by atoms with Crippen LogP contribution in [0.25, 0.3) is 83.4 Å². The van der Waals surface area contributed by atoms with Gasteiger partial charge in [-0.1, -0.05) is 184 Å². The molecule has 0 saturated carbocycles. The second-order valence-corrected chi connectivity index (χ2v) is 22.2. The quantitative estimate of drug-likeness (QED) is 0.112. The van der Waals surface area contributed by atoms with E-state index in [-0.39, 0.29) is 50.0 Å². The number of hydrogen-bond donors (Lipinski definition) is 0. The minimum absolute atomic E-state index is 0.0885. The lowest BCUT2D eigenvalue weighted by Gasteiger charge is -2.29. The number of para-hydroxylation sites is 2. The number of pyridine rings is 1. The molecule has 0 fully saturated rings. The third-order valence-electron chi connectivity index (χ3n) is 13.9. The Morgan fingerprint density at radius 3 is 1.95 bits per heavy atom. The van der Waals surface area contributed by atoms with Gasteiger partial charge in [-0.05, 0) is 147 Å². The summed E-state index contributed by atoms with van der Waals surface area (Å²) in [5.41, 5.74) is 8.39. The highest BCUT2D eigenvalue weighted by molar-refractivity contribution is 6.09. The van der Waals surface area contributed by atoms with Crippen LogP contribution in [0.5, 0.6) is 11.5 Å². The van der Waals surface area contributed by atoms with Crippen LogP contribution in [0.2, 0.25) is 0 Å². The number of aromatic nitrogens is 4. The molecule has 3 heterocycles. The maximum absolute atomic E-state index is 8.69. The van der Waals surface area contributed by atoms with E-state index in [9.17, 15) is 0 Å². The number of aryl methyl sites for hydroxylation is 3. The fourth-order valence-electron chi connectivity index (χ4n) is 9.99. The summed E-state index contributed by atoms with van der Waals surface area (Å²) in [5.74, 6) is 1.04. The van der Waals surface area contributed by atoms with E-state index in [1.165, 1.54) is 41.6 Å². The van der Waals surface area contributed by atoms with E-state index in [2.05, 4.69) is 110 Å². The molecule has 0 amide bonds. The number of hydrogen-bond acceptors (Lipinski definition) is 2. The summed E-state index contributed by atoms with van der Waals surface area (Å²) >= 11 is 0. The molecular weight excluding hydrogens is 901 g/mol. The van der Waals surface area contributed by atoms with Crippen molar-refractivity contribution >= 4 is 32.8 Å². The molecule has 0 unspecified atom stereocenters. The highest BCUT2D eigenvalue weighted by atomic mass is 16.5. The summed E-state index contributed by atoms with van der Waals surface area (Å²) in [4.78, 5) is 4.74.